The van der Waals surface area contributed by atoms with Gasteiger partial charge in [0.1, 0.15) is 5.60 Å². The van der Waals surface area contributed by atoms with Crippen LogP contribution >= 0.6 is 19.4 Å². The van der Waals surface area contributed by atoms with Crippen LogP contribution < -0.4 is 0 Å². The van der Waals surface area contributed by atoms with Gasteiger partial charge in [0, 0.05) is 15.9 Å². The summed E-state index contributed by atoms with van der Waals surface area (Å²) in [6.07, 6.45) is 0.720. The second kappa shape index (κ2) is 6.08. The van der Waals surface area contributed by atoms with Crippen molar-refractivity contribution >= 4 is 19.4 Å². The molecule has 1 aromatic rings. The lowest BCUT2D eigenvalue weighted by atomic mass is 10.1. The molecule has 0 aromatic heterocycles. The summed E-state index contributed by atoms with van der Waals surface area (Å²) >= 11 is 1.18. The van der Waals surface area contributed by atoms with Crippen molar-refractivity contribution in [1.82, 2.24) is 0 Å². The smallest absolute Gasteiger partial charge is 0.304 e. The van der Waals surface area contributed by atoms with Gasteiger partial charge in [0.05, 0.1) is 6.61 Å². The lowest BCUT2D eigenvalue weighted by molar-refractivity contribution is 0.0285. The van der Waals surface area contributed by atoms with E-state index in [0.29, 0.717) is 4.91 Å². The minimum absolute atomic E-state index is 0.1000. The van der Waals surface area contributed by atoms with Gasteiger partial charge in [-0.25, -0.2) is 0 Å². The molecule has 1 aliphatic heterocycles. The number of halogens is 2. The molecule has 2 rings (SSSR count). The molecular formula is C15H19F2O3PS. The normalized spacial score (nSPS) is 26.5. The van der Waals surface area contributed by atoms with E-state index in [4.69, 9.17) is 9.05 Å². The molecule has 22 heavy (non-hydrogen) atoms. The van der Waals surface area contributed by atoms with E-state index in [1.165, 1.54) is 18.7 Å². The summed E-state index contributed by atoms with van der Waals surface area (Å²) in [5.41, 5.74) is -3.66. The Balaban J connectivity index is 2.36. The van der Waals surface area contributed by atoms with Crippen molar-refractivity contribution in [3.63, 3.8) is 0 Å². The fourth-order valence-corrected chi connectivity index (χ4v) is 4.83. The summed E-state index contributed by atoms with van der Waals surface area (Å²) in [5.74, 6) is 0. The highest BCUT2D eigenvalue weighted by molar-refractivity contribution is 8.03. The van der Waals surface area contributed by atoms with Gasteiger partial charge >= 0.3 is 13.3 Å². The highest BCUT2D eigenvalue weighted by Crippen LogP contribution is 2.69. The second-order valence-corrected chi connectivity index (χ2v) is 8.68. The van der Waals surface area contributed by atoms with Crippen molar-refractivity contribution in [3.8, 4) is 0 Å². The molecule has 7 heteroatoms. The average molecular weight is 348 g/mol. The van der Waals surface area contributed by atoms with Crippen molar-refractivity contribution in [3.05, 3.63) is 40.8 Å². The number of benzene rings is 1. The summed E-state index contributed by atoms with van der Waals surface area (Å²) < 4.78 is 50.7. The van der Waals surface area contributed by atoms with Crippen molar-refractivity contribution in [2.45, 2.75) is 43.9 Å². The molecule has 1 aliphatic rings. The van der Waals surface area contributed by atoms with E-state index in [1.54, 1.807) is 13.8 Å². The molecule has 0 amide bonds. The Bertz CT molecular complexity index is 626. The van der Waals surface area contributed by atoms with Crippen LogP contribution in [0.3, 0.4) is 0 Å². The fourth-order valence-electron chi connectivity index (χ4n) is 1.98. The topological polar surface area (TPSA) is 35.5 Å². The monoisotopic (exact) mass is 348 g/mol. The molecule has 0 bridgehead atoms. The molecule has 0 fully saturated rings. The Morgan fingerprint density at radius 3 is 2.41 bits per heavy atom. The number of allylic oxidation sites excluding steroid dienone is 1. The van der Waals surface area contributed by atoms with E-state index in [2.05, 4.69) is 0 Å². The van der Waals surface area contributed by atoms with Gasteiger partial charge in [-0.3, -0.25) is 9.09 Å². The third-order valence-corrected chi connectivity index (χ3v) is 6.65. The molecule has 1 heterocycles. The maximum Gasteiger partial charge on any atom is 0.404 e. The van der Waals surface area contributed by atoms with Crippen LogP contribution in [0.15, 0.2) is 40.1 Å². The first-order valence-electron chi connectivity index (χ1n) is 6.91. The molecule has 0 N–H and O–H groups in total. The third kappa shape index (κ3) is 3.46. The van der Waals surface area contributed by atoms with E-state index in [-0.39, 0.29) is 6.61 Å². The van der Waals surface area contributed by atoms with Gasteiger partial charge in [0.2, 0.25) is 0 Å². The minimum atomic E-state index is -4.51. The maximum atomic E-state index is 14.2. The number of hydrogen-bond acceptors (Lipinski definition) is 4. The Morgan fingerprint density at radius 1 is 1.27 bits per heavy atom. The molecule has 0 aliphatic carbocycles. The zero-order valence-electron chi connectivity index (χ0n) is 12.9. The van der Waals surface area contributed by atoms with Crippen LogP contribution in [-0.2, 0) is 13.6 Å². The standard InChI is InChI=1S/C15H19F2O3PS/c1-5-19-21(18)15(16,17)10-13(14(3,4)20-21)22-12-8-6-11(2)7-9-12/h6-10H,5H2,1-4H3. The highest BCUT2D eigenvalue weighted by Gasteiger charge is 2.59. The number of thioether (sulfide) groups is 1. The molecule has 122 valence electrons. The number of rotatable bonds is 4. The molecule has 1 unspecified atom stereocenters. The van der Waals surface area contributed by atoms with E-state index < -0.39 is 18.9 Å². The number of alkyl halides is 2. The van der Waals surface area contributed by atoms with Crippen LogP contribution in [-0.4, -0.2) is 17.9 Å². The quantitative estimate of drug-likeness (QED) is 0.663. The van der Waals surface area contributed by atoms with Gasteiger partial charge in [-0.1, -0.05) is 29.5 Å². The van der Waals surface area contributed by atoms with Gasteiger partial charge in [-0.15, -0.1) is 0 Å². The summed E-state index contributed by atoms with van der Waals surface area (Å²) in [6, 6.07) is 7.52. The second-order valence-electron chi connectivity index (χ2n) is 5.53. The van der Waals surface area contributed by atoms with Crippen LogP contribution in [0.1, 0.15) is 26.3 Å². The molecule has 0 spiro atoms. The molecule has 1 aromatic carbocycles. The minimum Gasteiger partial charge on any atom is -0.304 e. The summed E-state index contributed by atoms with van der Waals surface area (Å²) in [5, 5.41) is 0. The third-order valence-electron chi connectivity index (χ3n) is 3.16. The maximum absolute atomic E-state index is 14.2. The lowest BCUT2D eigenvalue weighted by Gasteiger charge is -2.38. The molecular weight excluding hydrogens is 329 g/mol. The Kier molecular flexibility index (Phi) is 4.88. The van der Waals surface area contributed by atoms with Crippen molar-refractivity contribution in [1.29, 1.82) is 0 Å². The van der Waals surface area contributed by atoms with E-state index >= 15 is 0 Å². The van der Waals surface area contributed by atoms with E-state index in [0.717, 1.165) is 16.5 Å². The summed E-state index contributed by atoms with van der Waals surface area (Å²) in [6.45, 7) is 6.58. The first-order valence-corrected chi connectivity index (χ1v) is 9.27. The zero-order chi connectivity index (χ0) is 16.6. The predicted octanol–water partition coefficient (Wildman–Crippen LogP) is 5.60. The van der Waals surface area contributed by atoms with Crippen LogP contribution in [0.4, 0.5) is 8.78 Å². The number of hydrogen-bond donors (Lipinski definition) is 0. The lowest BCUT2D eigenvalue weighted by Crippen LogP contribution is -2.35. The van der Waals surface area contributed by atoms with Crippen LogP contribution in [0.5, 0.6) is 0 Å². The number of aryl methyl sites for hydroxylation is 1. The molecule has 0 radical (unpaired) electrons. The van der Waals surface area contributed by atoms with Crippen molar-refractivity contribution in [2.24, 2.45) is 0 Å². The van der Waals surface area contributed by atoms with Gasteiger partial charge in [-0.05, 0) is 39.8 Å². The Hall–Kier alpha value is -0.680. The first kappa shape index (κ1) is 17.7. The molecule has 3 nitrogen and oxygen atoms in total. The van der Waals surface area contributed by atoms with E-state index in [1.807, 2.05) is 31.2 Å². The van der Waals surface area contributed by atoms with Crippen LogP contribution in [0.2, 0.25) is 0 Å². The van der Waals surface area contributed by atoms with E-state index in [9.17, 15) is 13.3 Å². The summed E-state index contributed by atoms with van der Waals surface area (Å²) in [4.78, 5) is 1.13. The SMILES string of the molecule is CCOP1(=O)OC(C)(C)C(Sc2ccc(C)cc2)=CC1(F)F. The first-order chi connectivity index (χ1) is 10.1. The van der Waals surface area contributed by atoms with Gasteiger partial charge < -0.3 is 4.52 Å². The largest absolute Gasteiger partial charge is 0.404 e. The molecule has 1 atom stereocenters. The predicted molar refractivity (Wildman–Crippen MR) is 84.5 cm³/mol. The van der Waals surface area contributed by atoms with Crippen LogP contribution in [0.25, 0.3) is 0 Å². The molecule has 0 saturated carbocycles. The average Bonchev–Trinajstić information content (AvgIpc) is 2.38. The van der Waals surface area contributed by atoms with Gasteiger partial charge in [0.25, 0.3) is 0 Å². The summed E-state index contributed by atoms with van der Waals surface area (Å²) in [7, 11) is -4.51. The molecule has 0 saturated heterocycles. The van der Waals surface area contributed by atoms with Gasteiger partial charge in [0.15, 0.2) is 0 Å². The fraction of sp³-hybridized carbons (Fsp3) is 0.467. The van der Waals surface area contributed by atoms with Crippen molar-refractivity contribution < 1.29 is 22.4 Å². The Labute approximate surface area is 133 Å². The highest BCUT2D eigenvalue weighted by atomic mass is 32.2. The Morgan fingerprint density at radius 2 is 1.86 bits per heavy atom. The van der Waals surface area contributed by atoms with Crippen molar-refractivity contribution in [2.75, 3.05) is 6.61 Å². The van der Waals surface area contributed by atoms with Crippen LogP contribution in [0, 0.1) is 6.92 Å². The van der Waals surface area contributed by atoms with Gasteiger partial charge in [-0.2, -0.15) is 8.78 Å². The zero-order valence-corrected chi connectivity index (χ0v) is 14.6.